The minimum absolute atomic E-state index is 0.219. The molecule has 15 heavy (non-hydrogen) atoms. The Labute approximate surface area is 97.1 Å². The molecular weight excluding hydrogens is 208 g/mol. The fraction of sp³-hybridized carbons (Fsp3) is 0.538. The second-order valence-electron chi connectivity index (χ2n) is 4.42. The van der Waals surface area contributed by atoms with Crippen LogP contribution in [-0.4, -0.2) is 5.11 Å². The minimum atomic E-state index is -0.800. The average molecular weight is 227 g/mol. The van der Waals surface area contributed by atoms with Crippen LogP contribution in [0.25, 0.3) is 0 Å². The highest BCUT2D eigenvalue weighted by Gasteiger charge is 2.29. The quantitative estimate of drug-likeness (QED) is 0.829. The Morgan fingerprint density at radius 1 is 1.47 bits per heavy atom. The van der Waals surface area contributed by atoms with Crippen LogP contribution in [-0.2, 0) is 5.60 Å². The molecule has 0 heterocycles. The summed E-state index contributed by atoms with van der Waals surface area (Å²) in [6.07, 6.45) is 0.943. The van der Waals surface area contributed by atoms with Crippen molar-refractivity contribution in [1.82, 2.24) is 0 Å². The smallest absolute Gasteiger partial charge is 0.0894 e. The maximum Gasteiger partial charge on any atom is 0.0894 e. The van der Waals surface area contributed by atoms with Gasteiger partial charge in [0.05, 0.1) is 5.60 Å². The van der Waals surface area contributed by atoms with Gasteiger partial charge in [0.1, 0.15) is 0 Å². The van der Waals surface area contributed by atoms with Gasteiger partial charge in [0.2, 0.25) is 0 Å². The second-order valence-corrected chi connectivity index (χ2v) is 4.83. The van der Waals surface area contributed by atoms with E-state index < -0.39 is 5.60 Å². The van der Waals surface area contributed by atoms with E-state index in [2.05, 4.69) is 6.92 Å². The van der Waals surface area contributed by atoms with Crippen molar-refractivity contribution >= 4 is 11.6 Å². The first kappa shape index (κ1) is 12.5. The minimum Gasteiger partial charge on any atom is -0.385 e. The molecule has 0 radical (unpaired) electrons. The van der Waals surface area contributed by atoms with Gasteiger partial charge in [-0.05, 0) is 37.0 Å². The second kappa shape index (κ2) is 4.54. The number of rotatable bonds is 3. The van der Waals surface area contributed by atoms with Crippen molar-refractivity contribution in [2.45, 2.75) is 39.7 Å². The molecule has 1 N–H and O–H groups in total. The van der Waals surface area contributed by atoms with E-state index >= 15 is 0 Å². The maximum atomic E-state index is 10.4. The van der Waals surface area contributed by atoms with Gasteiger partial charge in [-0.1, -0.05) is 44.0 Å². The van der Waals surface area contributed by atoms with E-state index in [1.54, 1.807) is 0 Å². The van der Waals surface area contributed by atoms with E-state index in [9.17, 15) is 5.11 Å². The lowest BCUT2D eigenvalue weighted by molar-refractivity contribution is 0.0000189. The summed E-state index contributed by atoms with van der Waals surface area (Å²) in [7, 11) is 0. The predicted molar refractivity (Wildman–Crippen MR) is 65.2 cm³/mol. The third kappa shape index (κ3) is 2.53. The number of aliphatic hydroxyl groups is 1. The van der Waals surface area contributed by atoms with Gasteiger partial charge in [0.25, 0.3) is 0 Å². The Balaban J connectivity index is 3.10. The van der Waals surface area contributed by atoms with E-state index in [4.69, 9.17) is 11.6 Å². The van der Waals surface area contributed by atoms with Crippen LogP contribution in [0.2, 0.25) is 5.02 Å². The van der Waals surface area contributed by atoms with Gasteiger partial charge < -0.3 is 5.11 Å². The summed E-state index contributed by atoms with van der Waals surface area (Å²) in [5.41, 5.74) is 1.14. The molecule has 2 unspecified atom stereocenters. The average Bonchev–Trinajstić information content (AvgIpc) is 2.20. The molecule has 0 aliphatic heterocycles. The van der Waals surface area contributed by atoms with Crippen LogP contribution >= 0.6 is 11.6 Å². The molecule has 0 saturated carbocycles. The van der Waals surface area contributed by atoms with E-state index in [1.165, 1.54) is 0 Å². The molecule has 0 amide bonds. The molecule has 1 rings (SSSR count). The summed E-state index contributed by atoms with van der Waals surface area (Å²) < 4.78 is 0. The molecule has 84 valence electrons. The molecular formula is C13H19ClO. The standard InChI is InChI=1S/C13H19ClO/c1-5-10(3)13(4,15)11-7-6-9(2)12(14)8-11/h6-8,10,15H,5H2,1-4H3. The molecule has 0 aliphatic rings. The van der Waals surface area contributed by atoms with Crippen LogP contribution in [0.5, 0.6) is 0 Å². The number of hydrogen-bond donors (Lipinski definition) is 1. The molecule has 1 aromatic rings. The number of benzene rings is 1. The summed E-state index contributed by atoms with van der Waals surface area (Å²) in [6, 6.07) is 5.77. The van der Waals surface area contributed by atoms with E-state index in [1.807, 2.05) is 39.0 Å². The van der Waals surface area contributed by atoms with Gasteiger partial charge in [-0.2, -0.15) is 0 Å². The van der Waals surface area contributed by atoms with Gasteiger partial charge in [0.15, 0.2) is 0 Å². The van der Waals surface area contributed by atoms with Crippen LogP contribution in [0.15, 0.2) is 18.2 Å². The number of hydrogen-bond acceptors (Lipinski definition) is 1. The molecule has 0 bridgehead atoms. The first-order valence-corrected chi connectivity index (χ1v) is 5.76. The lowest BCUT2D eigenvalue weighted by Gasteiger charge is -2.30. The van der Waals surface area contributed by atoms with Crippen molar-refractivity contribution in [1.29, 1.82) is 0 Å². The van der Waals surface area contributed by atoms with Crippen LogP contribution < -0.4 is 0 Å². The Kier molecular flexibility index (Phi) is 3.80. The summed E-state index contributed by atoms with van der Waals surface area (Å²) in [6.45, 7) is 7.94. The summed E-state index contributed by atoms with van der Waals surface area (Å²) >= 11 is 6.06. The van der Waals surface area contributed by atoms with E-state index in [0.29, 0.717) is 0 Å². The first-order valence-electron chi connectivity index (χ1n) is 5.38. The molecule has 0 aromatic heterocycles. The van der Waals surface area contributed by atoms with Crippen LogP contribution in [0.3, 0.4) is 0 Å². The molecule has 0 saturated heterocycles. The summed E-state index contributed by atoms with van der Waals surface area (Å²) in [5.74, 6) is 0.219. The van der Waals surface area contributed by atoms with Crippen molar-refractivity contribution in [2.75, 3.05) is 0 Å². The van der Waals surface area contributed by atoms with Crippen molar-refractivity contribution in [3.63, 3.8) is 0 Å². The highest BCUT2D eigenvalue weighted by molar-refractivity contribution is 6.31. The molecule has 0 aliphatic carbocycles. The van der Waals surface area contributed by atoms with Crippen molar-refractivity contribution in [3.8, 4) is 0 Å². The van der Waals surface area contributed by atoms with Gasteiger partial charge in [0, 0.05) is 5.02 Å². The number of aryl methyl sites for hydroxylation is 1. The lowest BCUT2D eigenvalue weighted by Crippen LogP contribution is -2.29. The fourth-order valence-corrected chi connectivity index (χ4v) is 1.77. The largest absolute Gasteiger partial charge is 0.385 e. The molecule has 1 nitrogen and oxygen atoms in total. The SMILES string of the molecule is CCC(C)C(C)(O)c1ccc(C)c(Cl)c1. The highest BCUT2D eigenvalue weighted by atomic mass is 35.5. The third-order valence-corrected chi connectivity index (χ3v) is 3.74. The zero-order valence-corrected chi connectivity index (χ0v) is 10.6. The van der Waals surface area contributed by atoms with Gasteiger partial charge in [-0.3, -0.25) is 0 Å². The van der Waals surface area contributed by atoms with Crippen LogP contribution in [0.1, 0.15) is 38.3 Å². The molecule has 2 heteroatoms. The zero-order valence-electron chi connectivity index (χ0n) is 9.84. The Morgan fingerprint density at radius 2 is 2.07 bits per heavy atom. The molecule has 0 spiro atoms. The maximum absolute atomic E-state index is 10.4. The van der Waals surface area contributed by atoms with E-state index in [-0.39, 0.29) is 5.92 Å². The molecule has 2 atom stereocenters. The normalized spacial score (nSPS) is 17.2. The van der Waals surface area contributed by atoms with Crippen molar-refractivity contribution < 1.29 is 5.11 Å². The van der Waals surface area contributed by atoms with Gasteiger partial charge >= 0.3 is 0 Å². The predicted octanol–water partition coefficient (Wildman–Crippen LogP) is 3.90. The molecule has 1 aromatic carbocycles. The summed E-state index contributed by atoms with van der Waals surface area (Å²) in [5, 5.41) is 11.1. The Bertz CT molecular complexity index is 344. The zero-order chi connectivity index (χ0) is 11.6. The first-order chi connectivity index (χ1) is 6.89. The van der Waals surface area contributed by atoms with Crippen molar-refractivity contribution in [2.24, 2.45) is 5.92 Å². The van der Waals surface area contributed by atoms with Crippen LogP contribution in [0.4, 0.5) is 0 Å². The highest BCUT2D eigenvalue weighted by Crippen LogP contribution is 2.33. The Morgan fingerprint density at radius 3 is 2.53 bits per heavy atom. The Hall–Kier alpha value is -0.530. The van der Waals surface area contributed by atoms with Crippen LogP contribution in [0, 0.1) is 12.8 Å². The van der Waals surface area contributed by atoms with Crippen molar-refractivity contribution in [3.05, 3.63) is 34.3 Å². The lowest BCUT2D eigenvalue weighted by atomic mass is 9.82. The monoisotopic (exact) mass is 226 g/mol. The molecule has 0 fully saturated rings. The third-order valence-electron chi connectivity index (χ3n) is 3.33. The topological polar surface area (TPSA) is 20.2 Å². The number of halogens is 1. The summed E-state index contributed by atoms with van der Waals surface area (Å²) in [4.78, 5) is 0. The van der Waals surface area contributed by atoms with Gasteiger partial charge in [-0.25, -0.2) is 0 Å². The van der Waals surface area contributed by atoms with Gasteiger partial charge in [-0.15, -0.1) is 0 Å². The fourth-order valence-electron chi connectivity index (χ4n) is 1.59. The van der Waals surface area contributed by atoms with E-state index in [0.717, 1.165) is 22.6 Å².